The first-order valence-corrected chi connectivity index (χ1v) is 7.38. The van der Waals surface area contributed by atoms with Crippen LogP contribution in [0.3, 0.4) is 0 Å². The molecule has 6 heteroatoms. The van der Waals surface area contributed by atoms with Crippen molar-refractivity contribution < 1.29 is 14.3 Å². The second-order valence-corrected chi connectivity index (χ2v) is 7.55. The summed E-state index contributed by atoms with van der Waals surface area (Å²) < 4.78 is 10.2. The number of alkyl halides is 2. The molecule has 0 radical (unpaired) electrons. The van der Waals surface area contributed by atoms with E-state index in [1.165, 1.54) is 0 Å². The Kier molecular flexibility index (Phi) is 4.09. The SMILES string of the molecule is C[C@@H](CNC(=O)[C@@]1(C)CC1(Cl)Cl)CC1(C)OCCO1. The highest BCUT2D eigenvalue weighted by Gasteiger charge is 2.67. The van der Waals surface area contributed by atoms with Crippen LogP contribution < -0.4 is 5.32 Å². The maximum Gasteiger partial charge on any atom is 0.229 e. The second kappa shape index (κ2) is 5.06. The van der Waals surface area contributed by atoms with Gasteiger partial charge in [-0.1, -0.05) is 6.92 Å². The Hall–Kier alpha value is -0.0300. The summed E-state index contributed by atoms with van der Waals surface area (Å²) in [4.78, 5) is 12.0. The molecule has 19 heavy (non-hydrogen) atoms. The van der Waals surface area contributed by atoms with E-state index in [0.717, 1.165) is 6.42 Å². The van der Waals surface area contributed by atoms with E-state index < -0.39 is 15.5 Å². The minimum Gasteiger partial charge on any atom is -0.355 e. The number of amides is 1. The monoisotopic (exact) mass is 309 g/mol. The highest BCUT2D eigenvalue weighted by atomic mass is 35.5. The van der Waals surface area contributed by atoms with Crippen LogP contribution in [0.25, 0.3) is 0 Å². The molecule has 1 heterocycles. The lowest BCUT2D eigenvalue weighted by Crippen LogP contribution is -2.38. The van der Waals surface area contributed by atoms with Crippen molar-refractivity contribution in [2.24, 2.45) is 11.3 Å². The summed E-state index contributed by atoms with van der Waals surface area (Å²) in [5.74, 6) is -0.340. The molecule has 1 aliphatic carbocycles. The number of carbonyl (C=O) groups is 1. The molecule has 2 aliphatic rings. The molecule has 2 fully saturated rings. The Bertz CT molecular complexity index is 369. The van der Waals surface area contributed by atoms with E-state index in [0.29, 0.717) is 26.2 Å². The Morgan fingerprint density at radius 3 is 2.32 bits per heavy atom. The van der Waals surface area contributed by atoms with Crippen LogP contribution in [-0.2, 0) is 14.3 Å². The molecule has 110 valence electrons. The summed E-state index contributed by atoms with van der Waals surface area (Å²) in [6, 6.07) is 0. The number of nitrogens with one attached hydrogen (secondary N) is 1. The highest BCUT2D eigenvalue weighted by Crippen LogP contribution is 2.63. The zero-order chi connectivity index (χ0) is 14.3. The van der Waals surface area contributed by atoms with Crippen molar-refractivity contribution in [2.75, 3.05) is 19.8 Å². The van der Waals surface area contributed by atoms with Gasteiger partial charge in [0.1, 0.15) is 4.33 Å². The van der Waals surface area contributed by atoms with Crippen molar-refractivity contribution in [3.05, 3.63) is 0 Å². The molecule has 1 aliphatic heterocycles. The van der Waals surface area contributed by atoms with Crippen molar-refractivity contribution in [1.82, 2.24) is 5.32 Å². The van der Waals surface area contributed by atoms with Gasteiger partial charge in [-0.25, -0.2) is 0 Å². The van der Waals surface area contributed by atoms with Gasteiger partial charge in [0.25, 0.3) is 0 Å². The van der Waals surface area contributed by atoms with Crippen LogP contribution in [0.15, 0.2) is 0 Å². The lowest BCUT2D eigenvalue weighted by molar-refractivity contribution is -0.154. The lowest BCUT2D eigenvalue weighted by Gasteiger charge is -2.26. The fourth-order valence-electron chi connectivity index (χ4n) is 2.49. The summed E-state index contributed by atoms with van der Waals surface area (Å²) in [5, 5.41) is 2.91. The fraction of sp³-hybridized carbons (Fsp3) is 0.923. The molecule has 2 rings (SSSR count). The van der Waals surface area contributed by atoms with Crippen LogP contribution in [0.4, 0.5) is 0 Å². The minimum absolute atomic E-state index is 0.0808. The van der Waals surface area contributed by atoms with E-state index in [2.05, 4.69) is 12.2 Å². The van der Waals surface area contributed by atoms with Crippen molar-refractivity contribution >= 4 is 29.1 Å². The lowest BCUT2D eigenvalue weighted by atomic mass is 10.0. The van der Waals surface area contributed by atoms with Gasteiger partial charge in [-0.05, 0) is 26.2 Å². The molecule has 0 aromatic heterocycles. The number of hydrogen-bond donors (Lipinski definition) is 1. The van der Waals surface area contributed by atoms with E-state index in [4.69, 9.17) is 32.7 Å². The fourth-order valence-corrected chi connectivity index (χ4v) is 3.19. The van der Waals surface area contributed by atoms with Gasteiger partial charge in [0, 0.05) is 13.0 Å². The molecule has 0 bridgehead atoms. The number of ether oxygens (including phenoxy) is 2. The minimum atomic E-state index is -0.913. The summed E-state index contributed by atoms with van der Waals surface area (Å²) >= 11 is 12.0. The first-order valence-electron chi connectivity index (χ1n) is 6.63. The summed E-state index contributed by atoms with van der Waals surface area (Å²) in [6.07, 6.45) is 1.25. The van der Waals surface area contributed by atoms with Gasteiger partial charge in [-0.3, -0.25) is 4.79 Å². The Morgan fingerprint density at radius 1 is 1.32 bits per heavy atom. The molecule has 1 saturated carbocycles. The largest absolute Gasteiger partial charge is 0.355 e. The van der Waals surface area contributed by atoms with E-state index >= 15 is 0 Å². The topological polar surface area (TPSA) is 47.6 Å². The average Bonchev–Trinajstić information content (AvgIpc) is 2.65. The summed E-state index contributed by atoms with van der Waals surface area (Å²) in [5.41, 5.74) is -0.653. The predicted octanol–water partition coefficient (Wildman–Crippen LogP) is 2.48. The molecule has 0 aromatic rings. The third-order valence-electron chi connectivity index (χ3n) is 3.99. The number of carbonyl (C=O) groups excluding carboxylic acids is 1. The van der Waals surface area contributed by atoms with Crippen LogP contribution in [0, 0.1) is 11.3 Å². The molecule has 0 spiro atoms. The predicted molar refractivity (Wildman–Crippen MR) is 74.3 cm³/mol. The molecular formula is C13H21Cl2NO3. The van der Waals surface area contributed by atoms with Crippen LogP contribution >= 0.6 is 23.2 Å². The van der Waals surface area contributed by atoms with Gasteiger partial charge >= 0.3 is 0 Å². The normalized spacial score (nSPS) is 32.9. The standard InChI is InChI=1S/C13H21Cl2NO3/c1-9(6-12(3)18-4-5-19-12)7-16-10(17)11(2)8-13(11,14)15/h9H,4-8H2,1-3H3,(H,16,17)/t9-,11-/m1/s1. The smallest absolute Gasteiger partial charge is 0.229 e. The quantitative estimate of drug-likeness (QED) is 0.794. The van der Waals surface area contributed by atoms with Gasteiger partial charge < -0.3 is 14.8 Å². The van der Waals surface area contributed by atoms with Crippen molar-refractivity contribution in [3.63, 3.8) is 0 Å². The van der Waals surface area contributed by atoms with E-state index in [-0.39, 0.29) is 11.8 Å². The number of halogens is 2. The maximum absolute atomic E-state index is 12.0. The molecule has 0 unspecified atom stereocenters. The van der Waals surface area contributed by atoms with Crippen molar-refractivity contribution in [3.8, 4) is 0 Å². The summed E-state index contributed by atoms with van der Waals surface area (Å²) in [6.45, 7) is 7.62. The summed E-state index contributed by atoms with van der Waals surface area (Å²) in [7, 11) is 0. The van der Waals surface area contributed by atoms with E-state index in [1.54, 1.807) is 6.92 Å². The molecule has 2 atom stereocenters. The van der Waals surface area contributed by atoms with Gasteiger partial charge in [-0.15, -0.1) is 23.2 Å². The van der Waals surface area contributed by atoms with Crippen LogP contribution in [-0.4, -0.2) is 35.8 Å². The number of hydrogen-bond acceptors (Lipinski definition) is 3. The third kappa shape index (κ3) is 3.18. The maximum atomic E-state index is 12.0. The third-order valence-corrected chi connectivity index (χ3v) is 5.09. The molecule has 1 N–H and O–H groups in total. The first kappa shape index (κ1) is 15.4. The zero-order valence-corrected chi connectivity index (χ0v) is 13.1. The molecular weight excluding hydrogens is 289 g/mol. The number of rotatable bonds is 5. The molecule has 4 nitrogen and oxygen atoms in total. The van der Waals surface area contributed by atoms with Gasteiger partial charge in [0.15, 0.2) is 5.79 Å². The highest BCUT2D eigenvalue weighted by molar-refractivity contribution is 6.53. The van der Waals surface area contributed by atoms with Crippen molar-refractivity contribution in [1.29, 1.82) is 0 Å². The van der Waals surface area contributed by atoms with Gasteiger partial charge in [0.2, 0.25) is 5.91 Å². The zero-order valence-electron chi connectivity index (χ0n) is 11.6. The van der Waals surface area contributed by atoms with Gasteiger partial charge in [-0.2, -0.15) is 0 Å². The van der Waals surface area contributed by atoms with Crippen LogP contribution in [0.5, 0.6) is 0 Å². The Balaban J connectivity index is 1.75. The molecule has 1 amide bonds. The second-order valence-electron chi connectivity index (χ2n) is 6.06. The Labute approximate surface area is 124 Å². The van der Waals surface area contributed by atoms with Gasteiger partial charge in [0.05, 0.1) is 18.6 Å². The van der Waals surface area contributed by atoms with Crippen LogP contribution in [0.2, 0.25) is 0 Å². The first-order chi connectivity index (χ1) is 8.69. The van der Waals surface area contributed by atoms with E-state index in [1.807, 2.05) is 6.92 Å². The van der Waals surface area contributed by atoms with Crippen molar-refractivity contribution in [2.45, 2.75) is 43.7 Å². The average molecular weight is 310 g/mol. The molecule has 0 aromatic carbocycles. The molecule has 1 saturated heterocycles. The Morgan fingerprint density at radius 2 is 1.84 bits per heavy atom. The van der Waals surface area contributed by atoms with Crippen LogP contribution in [0.1, 0.15) is 33.6 Å². The van der Waals surface area contributed by atoms with E-state index in [9.17, 15) is 4.79 Å².